The first kappa shape index (κ1) is 22.6. The molecule has 1 N–H and O–H groups in total. The molecule has 3 aromatic rings. The van der Waals surface area contributed by atoms with E-state index in [0.29, 0.717) is 28.1 Å². The van der Waals surface area contributed by atoms with Crippen molar-refractivity contribution in [1.29, 1.82) is 0 Å². The molecule has 8 nitrogen and oxygen atoms in total. The van der Waals surface area contributed by atoms with Gasteiger partial charge < -0.3 is 18.9 Å². The average molecular weight is 507 g/mol. The van der Waals surface area contributed by atoms with Crippen LogP contribution in [0.1, 0.15) is 0 Å². The maximum Gasteiger partial charge on any atom is 0.344 e. The van der Waals surface area contributed by atoms with Gasteiger partial charge in [0.15, 0.2) is 29.8 Å². The summed E-state index contributed by atoms with van der Waals surface area (Å²) in [5, 5.41) is 4.79. The first-order valence-electron chi connectivity index (χ1n) is 9.00. The van der Waals surface area contributed by atoms with Gasteiger partial charge in [-0.3, -0.25) is 10.1 Å². The van der Waals surface area contributed by atoms with Crippen LogP contribution in [0.15, 0.2) is 52.3 Å². The smallest absolute Gasteiger partial charge is 0.344 e. The molecule has 0 radical (unpaired) electrons. The molecule has 0 saturated carbocycles. The monoisotopic (exact) mass is 506 g/mol. The number of hydrogen-bond donors (Lipinski definition) is 1. The third-order valence-electron chi connectivity index (χ3n) is 3.96. The number of methoxy groups -OCH3 is 2. The minimum Gasteiger partial charge on any atom is -0.493 e. The van der Waals surface area contributed by atoms with Crippen molar-refractivity contribution in [1.82, 2.24) is 4.98 Å². The number of anilines is 1. The Kier molecular flexibility index (Phi) is 7.85. The van der Waals surface area contributed by atoms with Gasteiger partial charge in [-0.2, -0.15) is 0 Å². The Hall–Kier alpha value is -3.11. The number of hydrogen-bond acceptors (Lipinski definition) is 8. The molecule has 1 aromatic heterocycles. The van der Waals surface area contributed by atoms with Crippen LogP contribution >= 0.6 is 27.3 Å². The zero-order chi connectivity index (χ0) is 22.2. The quantitative estimate of drug-likeness (QED) is 0.435. The van der Waals surface area contributed by atoms with E-state index in [1.54, 1.807) is 56.0 Å². The molecule has 0 fully saturated rings. The lowest BCUT2D eigenvalue weighted by molar-refractivity contribution is -0.149. The molecule has 1 heterocycles. The van der Waals surface area contributed by atoms with Gasteiger partial charge in [-0.15, -0.1) is 11.3 Å². The lowest BCUT2D eigenvalue weighted by Gasteiger charge is -2.08. The molecule has 0 aliphatic carbocycles. The van der Waals surface area contributed by atoms with Crippen molar-refractivity contribution in [2.75, 3.05) is 32.8 Å². The summed E-state index contributed by atoms with van der Waals surface area (Å²) in [7, 11) is 3.12. The van der Waals surface area contributed by atoms with Gasteiger partial charge in [-0.1, -0.05) is 15.9 Å². The fourth-order valence-corrected chi connectivity index (χ4v) is 3.48. The van der Waals surface area contributed by atoms with Gasteiger partial charge in [0.2, 0.25) is 0 Å². The van der Waals surface area contributed by atoms with Gasteiger partial charge in [0, 0.05) is 15.4 Å². The van der Waals surface area contributed by atoms with E-state index in [0.717, 1.165) is 10.0 Å². The van der Waals surface area contributed by atoms with Gasteiger partial charge in [0.25, 0.3) is 5.91 Å². The number of carbonyl (C=O) groups excluding carboxylic acids is 2. The van der Waals surface area contributed by atoms with Crippen LogP contribution in [0, 0.1) is 0 Å². The molecule has 3 rings (SSSR count). The van der Waals surface area contributed by atoms with E-state index in [4.69, 9.17) is 18.9 Å². The first-order valence-corrected chi connectivity index (χ1v) is 10.7. The first-order chi connectivity index (χ1) is 15.0. The highest BCUT2D eigenvalue weighted by molar-refractivity contribution is 9.10. The molecule has 1 amide bonds. The van der Waals surface area contributed by atoms with Crippen LogP contribution in [0.3, 0.4) is 0 Å². The van der Waals surface area contributed by atoms with Crippen molar-refractivity contribution >= 4 is 44.3 Å². The highest BCUT2D eigenvalue weighted by Gasteiger charge is 2.13. The number of thiazole rings is 1. The van der Waals surface area contributed by atoms with E-state index in [2.05, 4.69) is 26.2 Å². The second-order valence-corrected chi connectivity index (χ2v) is 7.83. The zero-order valence-corrected chi connectivity index (χ0v) is 19.1. The van der Waals surface area contributed by atoms with Crippen LogP contribution in [0.4, 0.5) is 5.13 Å². The third-order valence-corrected chi connectivity index (χ3v) is 5.25. The lowest BCUT2D eigenvalue weighted by Crippen LogP contribution is -2.23. The number of halogens is 1. The summed E-state index contributed by atoms with van der Waals surface area (Å²) < 4.78 is 21.7. The second-order valence-electron chi connectivity index (χ2n) is 6.06. The molecular weight excluding hydrogens is 488 g/mol. The standard InChI is InChI=1S/C21H19BrN2O6S/c1-27-17-8-3-13(9-18(17)28-2)16-12-31-21(23-16)24-19(25)10-30-20(26)11-29-15-6-4-14(22)5-7-15/h3-9,12H,10-11H2,1-2H3,(H,23,24,25). The van der Waals surface area contributed by atoms with E-state index in [9.17, 15) is 9.59 Å². The number of benzene rings is 2. The van der Waals surface area contributed by atoms with Crippen LogP contribution in [-0.2, 0) is 14.3 Å². The van der Waals surface area contributed by atoms with Crippen molar-refractivity contribution in [3.63, 3.8) is 0 Å². The summed E-state index contributed by atoms with van der Waals surface area (Å²) in [6.45, 7) is -0.733. The normalized spacial score (nSPS) is 10.3. The van der Waals surface area contributed by atoms with Gasteiger partial charge in [0.05, 0.1) is 19.9 Å². The van der Waals surface area contributed by atoms with E-state index >= 15 is 0 Å². The zero-order valence-electron chi connectivity index (χ0n) is 16.7. The number of aromatic nitrogens is 1. The molecule has 162 valence electrons. The fraction of sp³-hybridized carbons (Fsp3) is 0.190. The summed E-state index contributed by atoms with van der Waals surface area (Å²) in [5.74, 6) is 0.570. The van der Waals surface area contributed by atoms with Gasteiger partial charge in [-0.05, 0) is 42.5 Å². The number of carbonyl (C=O) groups is 2. The van der Waals surface area contributed by atoms with Crippen molar-refractivity contribution in [3.05, 3.63) is 52.3 Å². The Morgan fingerprint density at radius 3 is 2.48 bits per heavy atom. The second kappa shape index (κ2) is 10.8. The van der Waals surface area contributed by atoms with Crippen molar-refractivity contribution in [2.24, 2.45) is 0 Å². The summed E-state index contributed by atoms with van der Waals surface area (Å²) in [6.07, 6.45) is 0. The Bertz CT molecular complexity index is 1050. The summed E-state index contributed by atoms with van der Waals surface area (Å²) >= 11 is 4.57. The molecule has 0 spiro atoms. The third kappa shape index (κ3) is 6.43. The predicted molar refractivity (Wildman–Crippen MR) is 120 cm³/mol. The number of ether oxygens (including phenoxy) is 4. The van der Waals surface area contributed by atoms with E-state index in [1.807, 2.05) is 6.07 Å². The molecule has 10 heteroatoms. The number of nitrogens with zero attached hydrogens (tertiary/aromatic N) is 1. The van der Waals surface area contributed by atoms with Crippen LogP contribution in [0.25, 0.3) is 11.3 Å². The molecule has 0 aliphatic heterocycles. The van der Waals surface area contributed by atoms with Gasteiger partial charge in [0.1, 0.15) is 5.75 Å². The van der Waals surface area contributed by atoms with Crippen LogP contribution in [0.2, 0.25) is 0 Å². The minimum absolute atomic E-state index is 0.296. The average Bonchev–Trinajstić information content (AvgIpc) is 3.25. The Morgan fingerprint density at radius 2 is 1.77 bits per heavy atom. The van der Waals surface area contributed by atoms with Gasteiger partial charge >= 0.3 is 5.97 Å². The summed E-state index contributed by atoms with van der Waals surface area (Å²) in [5.41, 5.74) is 1.48. The largest absolute Gasteiger partial charge is 0.493 e. The Balaban J connectivity index is 1.48. The molecular formula is C21H19BrN2O6S. The van der Waals surface area contributed by atoms with Gasteiger partial charge in [-0.25, -0.2) is 9.78 Å². The number of esters is 1. The maximum absolute atomic E-state index is 12.1. The SMILES string of the molecule is COc1ccc(-c2csc(NC(=O)COC(=O)COc3ccc(Br)cc3)n2)cc1OC. The van der Waals surface area contributed by atoms with Crippen LogP contribution in [-0.4, -0.2) is 44.3 Å². The van der Waals surface area contributed by atoms with Crippen LogP contribution < -0.4 is 19.5 Å². The summed E-state index contributed by atoms with van der Waals surface area (Å²) in [6, 6.07) is 12.4. The molecule has 2 aromatic carbocycles. The Labute approximate surface area is 191 Å². The van der Waals surface area contributed by atoms with Crippen molar-refractivity contribution in [2.45, 2.75) is 0 Å². The van der Waals surface area contributed by atoms with E-state index in [-0.39, 0.29) is 6.61 Å². The lowest BCUT2D eigenvalue weighted by atomic mass is 10.1. The fourth-order valence-electron chi connectivity index (χ4n) is 2.48. The minimum atomic E-state index is -0.650. The van der Waals surface area contributed by atoms with Crippen molar-refractivity contribution < 1.29 is 28.5 Å². The molecule has 0 aliphatic rings. The number of amides is 1. The van der Waals surface area contributed by atoms with E-state index < -0.39 is 18.5 Å². The van der Waals surface area contributed by atoms with E-state index in [1.165, 1.54) is 11.3 Å². The maximum atomic E-state index is 12.1. The highest BCUT2D eigenvalue weighted by atomic mass is 79.9. The van der Waals surface area contributed by atoms with Crippen molar-refractivity contribution in [3.8, 4) is 28.5 Å². The molecule has 0 bridgehead atoms. The molecule has 0 saturated heterocycles. The molecule has 0 atom stereocenters. The summed E-state index contributed by atoms with van der Waals surface area (Å²) in [4.78, 5) is 28.2. The molecule has 31 heavy (non-hydrogen) atoms. The highest BCUT2D eigenvalue weighted by Crippen LogP contribution is 2.33. The topological polar surface area (TPSA) is 96.0 Å². The molecule has 0 unspecified atom stereocenters. The number of nitrogens with one attached hydrogen (secondary N) is 1. The van der Waals surface area contributed by atoms with Crippen LogP contribution in [0.5, 0.6) is 17.2 Å². The Morgan fingerprint density at radius 1 is 1.03 bits per heavy atom. The number of rotatable bonds is 9. The predicted octanol–water partition coefficient (Wildman–Crippen LogP) is 4.15.